The molecule has 0 heterocycles. The molecule has 0 radical (unpaired) electrons. The molecule has 0 aliphatic heterocycles. The maximum atomic E-state index is 11.8. The van der Waals surface area contributed by atoms with Crippen LogP contribution in [0, 0.1) is 57.7 Å². The molecule has 0 aromatic rings. The first-order valence-electron chi connectivity index (χ1n) is 10.5. The van der Waals surface area contributed by atoms with Crippen molar-refractivity contribution in [3.05, 3.63) is 23.8 Å². The zero-order chi connectivity index (χ0) is 17.4. The Hall–Kier alpha value is -1.36. The van der Waals surface area contributed by atoms with Crippen LogP contribution in [0.25, 0.3) is 0 Å². The molecular formula is C23H29NO. The molecule has 3 fully saturated rings. The van der Waals surface area contributed by atoms with Crippen LogP contribution < -0.4 is 0 Å². The zero-order valence-electron chi connectivity index (χ0n) is 15.5. The summed E-state index contributed by atoms with van der Waals surface area (Å²) >= 11 is 0. The van der Waals surface area contributed by atoms with E-state index in [-0.39, 0.29) is 10.8 Å². The Morgan fingerprint density at radius 2 is 2.08 bits per heavy atom. The first-order chi connectivity index (χ1) is 12.1. The summed E-state index contributed by atoms with van der Waals surface area (Å²) in [7, 11) is 0. The minimum absolute atomic E-state index is 0.0749. The predicted molar refractivity (Wildman–Crippen MR) is 97.3 cm³/mol. The molecule has 0 bridgehead atoms. The molecule has 5 rings (SSSR count). The molecule has 2 nitrogen and oxygen atoms in total. The summed E-state index contributed by atoms with van der Waals surface area (Å²) in [6.07, 6.45) is 14.4. The van der Waals surface area contributed by atoms with E-state index < -0.39 is 0 Å². The smallest absolute Gasteiger partial charge is 0.155 e. The number of rotatable bonds is 2. The van der Waals surface area contributed by atoms with Crippen LogP contribution in [0.15, 0.2) is 23.8 Å². The van der Waals surface area contributed by atoms with Crippen molar-refractivity contribution in [3.8, 4) is 6.07 Å². The van der Waals surface area contributed by atoms with Crippen LogP contribution in [0.5, 0.6) is 0 Å². The Morgan fingerprint density at radius 3 is 2.80 bits per heavy atom. The number of carbonyl (C=O) groups excluding carboxylic acids is 1. The van der Waals surface area contributed by atoms with Crippen LogP contribution in [0.4, 0.5) is 0 Å². The van der Waals surface area contributed by atoms with Crippen molar-refractivity contribution >= 4 is 5.78 Å². The van der Waals surface area contributed by atoms with Crippen molar-refractivity contribution in [1.82, 2.24) is 0 Å². The summed E-state index contributed by atoms with van der Waals surface area (Å²) in [5.74, 6) is 4.40. The van der Waals surface area contributed by atoms with E-state index >= 15 is 0 Å². The number of hydrogen-bond donors (Lipinski definition) is 0. The van der Waals surface area contributed by atoms with Gasteiger partial charge < -0.3 is 0 Å². The second kappa shape index (κ2) is 5.09. The number of ketones is 1. The third-order valence-electron chi connectivity index (χ3n) is 9.17. The molecule has 0 N–H and O–H groups in total. The van der Waals surface area contributed by atoms with E-state index in [0.29, 0.717) is 35.4 Å². The molecule has 132 valence electrons. The highest BCUT2D eigenvalue weighted by atomic mass is 16.1. The Labute approximate surface area is 151 Å². The second-order valence-electron chi connectivity index (χ2n) is 9.37. The number of fused-ring (bicyclic) bond motifs is 7. The number of allylic oxidation sites excluding steroid dienone is 4. The van der Waals surface area contributed by atoms with Crippen molar-refractivity contribution in [2.75, 3.05) is 0 Å². The molecule has 0 aromatic carbocycles. The Kier molecular flexibility index (Phi) is 3.23. The van der Waals surface area contributed by atoms with Gasteiger partial charge in [-0.2, -0.15) is 5.26 Å². The first-order valence-corrected chi connectivity index (χ1v) is 10.5. The summed E-state index contributed by atoms with van der Waals surface area (Å²) in [5.41, 5.74) is 1.46. The standard InChI is InChI=1S/C23H29NO/c1-3-22-10-9-17-16-8-6-15(25)11-14(16)5-7-18(17)21(22)19-12-20(19)23(22,4-2)13-24/h5,7,11,16-21H,3-4,6,8-10,12H2,1-2H3/t16-,17+,18+,19+,20-,21+,22-,23-/m0/s1. The van der Waals surface area contributed by atoms with E-state index in [0.717, 1.165) is 31.6 Å². The van der Waals surface area contributed by atoms with Gasteiger partial charge >= 0.3 is 0 Å². The molecule has 5 aliphatic carbocycles. The lowest BCUT2D eigenvalue weighted by Gasteiger charge is -2.57. The molecule has 0 amide bonds. The first kappa shape index (κ1) is 15.9. The monoisotopic (exact) mass is 335 g/mol. The van der Waals surface area contributed by atoms with Crippen LogP contribution in [0.2, 0.25) is 0 Å². The summed E-state index contributed by atoms with van der Waals surface area (Å²) < 4.78 is 0. The zero-order valence-corrected chi connectivity index (χ0v) is 15.5. The van der Waals surface area contributed by atoms with Gasteiger partial charge in [0.25, 0.3) is 0 Å². The number of carbonyl (C=O) groups is 1. The maximum Gasteiger partial charge on any atom is 0.155 e. The fraction of sp³-hybridized carbons (Fsp3) is 0.739. The molecule has 0 spiro atoms. The van der Waals surface area contributed by atoms with Gasteiger partial charge in [0.15, 0.2) is 5.78 Å². The Balaban J connectivity index is 1.59. The molecule has 8 atom stereocenters. The van der Waals surface area contributed by atoms with Crippen molar-refractivity contribution in [2.24, 2.45) is 46.3 Å². The fourth-order valence-electron chi connectivity index (χ4n) is 8.21. The largest absolute Gasteiger partial charge is 0.295 e. The van der Waals surface area contributed by atoms with E-state index in [4.69, 9.17) is 0 Å². The van der Waals surface area contributed by atoms with Gasteiger partial charge in [-0.1, -0.05) is 26.0 Å². The van der Waals surface area contributed by atoms with E-state index in [1.54, 1.807) is 0 Å². The average Bonchev–Trinajstić information content (AvgIpc) is 3.38. The van der Waals surface area contributed by atoms with Gasteiger partial charge in [0.1, 0.15) is 0 Å². The quantitative estimate of drug-likeness (QED) is 0.707. The van der Waals surface area contributed by atoms with Gasteiger partial charge in [-0.3, -0.25) is 4.79 Å². The highest BCUT2D eigenvalue weighted by Gasteiger charge is 2.76. The molecular weight excluding hydrogens is 306 g/mol. The van der Waals surface area contributed by atoms with E-state index in [2.05, 4.69) is 32.1 Å². The highest BCUT2D eigenvalue weighted by molar-refractivity contribution is 5.91. The van der Waals surface area contributed by atoms with Crippen molar-refractivity contribution in [2.45, 2.75) is 58.8 Å². The lowest BCUT2D eigenvalue weighted by Crippen LogP contribution is -2.51. The number of nitriles is 1. The summed E-state index contributed by atoms with van der Waals surface area (Å²) in [5, 5.41) is 10.2. The normalized spacial score (nSPS) is 52.4. The van der Waals surface area contributed by atoms with Gasteiger partial charge in [0.2, 0.25) is 0 Å². The molecule has 0 unspecified atom stereocenters. The summed E-state index contributed by atoms with van der Waals surface area (Å²) in [6, 6.07) is 2.89. The molecule has 3 saturated carbocycles. The molecule has 2 heteroatoms. The fourth-order valence-corrected chi connectivity index (χ4v) is 8.21. The second-order valence-corrected chi connectivity index (χ2v) is 9.37. The van der Waals surface area contributed by atoms with Crippen molar-refractivity contribution in [1.29, 1.82) is 5.26 Å². The van der Waals surface area contributed by atoms with E-state index in [9.17, 15) is 10.1 Å². The lowest BCUT2D eigenvalue weighted by molar-refractivity contribution is -0.115. The van der Waals surface area contributed by atoms with Crippen LogP contribution in [-0.2, 0) is 4.79 Å². The van der Waals surface area contributed by atoms with Crippen molar-refractivity contribution in [3.63, 3.8) is 0 Å². The van der Waals surface area contributed by atoms with Crippen molar-refractivity contribution < 1.29 is 4.79 Å². The Bertz CT molecular complexity index is 727. The van der Waals surface area contributed by atoms with Gasteiger partial charge in [-0.05, 0) is 91.1 Å². The number of hydrogen-bond acceptors (Lipinski definition) is 2. The number of nitrogens with zero attached hydrogens (tertiary/aromatic N) is 1. The van der Waals surface area contributed by atoms with Gasteiger partial charge in [-0.15, -0.1) is 0 Å². The van der Waals surface area contributed by atoms with Crippen LogP contribution in [-0.4, -0.2) is 5.78 Å². The minimum atomic E-state index is -0.0749. The van der Waals surface area contributed by atoms with Gasteiger partial charge in [0, 0.05) is 6.42 Å². The topological polar surface area (TPSA) is 40.9 Å². The summed E-state index contributed by atoms with van der Waals surface area (Å²) in [6.45, 7) is 4.60. The molecule has 25 heavy (non-hydrogen) atoms. The predicted octanol–water partition coefficient (Wildman–Crippen LogP) is 5.07. The lowest BCUT2D eigenvalue weighted by atomic mass is 9.46. The molecule has 0 saturated heterocycles. The highest BCUT2D eigenvalue weighted by Crippen LogP contribution is 2.80. The van der Waals surface area contributed by atoms with E-state index in [1.807, 2.05) is 6.08 Å². The third kappa shape index (κ3) is 1.73. The molecule has 0 aromatic heterocycles. The maximum absolute atomic E-state index is 11.8. The third-order valence-corrected chi connectivity index (χ3v) is 9.17. The molecule has 5 aliphatic rings. The van der Waals surface area contributed by atoms with Crippen LogP contribution in [0.3, 0.4) is 0 Å². The Morgan fingerprint density at radius 1 is 1.24 bits per heavy atom. The van der Waals surface area contributed by atoms with Gasteiger partial charge in [-0.25, -0.2) is 0 Å². The summed E-state index contributed by atoms with van der Waals surface area (Å²) in [4.78, 5) is 11.8. The average molecular weight is 335 g/mol. The van der Waals surface area contributed by atoms with E-state index in [1.165, 1.54) is 24.8 Å². The SMILES string of the molecule is CC[C@]12CC[C@H]3[C@@H](C=CC4=CC(=O)CC[C@@H]43)[C@@H]1[C@@H]1C[C@@H]1[C@@]2(C#N)CC. The van der Waals surface area contributed by atoms with Gasteiger partial charge in [0.05, 0.1) is 11.5 Å². The minimum Gasteiger partial charge on any atom is -0.295 e. The van der Waals surface area contributed by atoms with Crippen LogP contribution >= 0.6 is 0 Å². The van der Waals surface area contributed by atoms with Crippen LogP contribution in [0.1, 0.15) is 58.8 Å².